The van der Waals surface area contributed by atoms with Crippen LogP contribution in [0, 0.1) is 0 Å². The van der Waals surface area contributed by atoms with Gasteiger partial charge < -0.3 is 10.1 Å². The molecule has 1 aliphatic heterocycles. The number of ether oxygens (including phenoxy) is 1. The van der Waals surface area contributed by atoms with E-state index in [2.05, 4.69) is 40.3 Å². The van der Waals surface area contributed by atoms with Crippen molar-refractivity contribution in [1.29, 1.82) is 0 Å². The predicted molar refractivity (Wildman–Crippen MR) is 67.3 cm³/mol. The molecule has 15 heavy (non-hydrogen) atoms. The third kappa shape index (κ3) is 3.28. The Kier molecular flexibility index (Phi) is 4.20. The summed E-state index contributed by atoms with van der Waals surface area (Å²) in [5.74, 6) is 0. The number of hydrogen-bond donors (Lipinski definition) is 1. The van der Waals surface area contributed by atoms with E-state index in [1.54, 1.807) is 11.3 Å². The molecule has 0 aromatic carbocycles. The Hall–Kier alpha value is 0.1000. The number of rotatable bonds is 4. The second-order valence-corrected chi connectivity index (χ2v) is 6.47. The lowest BCUT2D eigenvalue weighted by Gasteiger charge is -2.19. The van der Waals surface area contributed by atoms with E-state index in [0.29, 0.717) is 12.1 Å². The Bertz CT molecular complexity index is 309. The summed E-state index contributed by atoms with van der Waals surface area (Å²) in [5, 5.41) is 3.52. The van der Waals surface area contributed by atoms with Crippen LogP contribution >= 0.6 is 27.3 Å². The molecule has 1 N–H and O–H groups in total. The van der Waals surface area contributed by atoms with Crippen LogP contribution in [-0.2, 0) is 11.3 Å². The largest absolute Gasteiger partial charge is 0.377 e. The maximum atomic E-state index is 5.64. The molecular weight excluding hydrogens is 274 g/mol. The molecule has 0 aliphatic carbocycles. The zero-order chi connectivity index (χ0) is 10.7. The van der Waals surface area contributed by atoms with Crippen LogP contribution in [-0.4, -0.2) is 18.8 Å². The van der Waals surface area contributed by atoms with Crippen LogP contribution in [0.3, 0.4) is 0 Å². The van der Waals surface area contributed by atoms with Crippen LogP contribution < -0.4 is 5.32 Å². The maximum absolute atomic E-state index is 5.64. The molecule has 1 aromatic heterocycles. The second kappa shape index (κ2) is 5.43. The van der Waals surface area contributed by atoms with E-state index < -0.39 is 0 Å². The highest BCUT2D eigenvalue weighted by molar-refractivity contribution is 9.11. The monoisotopic (exact) mass is 289 g/mol. The molecule has 2 rings (SSSR count). The molecule has 0 bridgehead atoms. The van der Waals surface area contributed by atoms with E-state index in [1.165, 1.54) is 21.5 Å². The summed E-state index contributed by atoms with van der Waals surface area (Å²) in [6.45, 7) is 4.08. The molecule has 2 atom stereocenters. The molecular formula is C11H16BrNOS. The van der Waals surface area contributed by atoms with E-state index >= 15 is 0 Å². The van der Waals surface area contributed by atoms with Crippen molar-refractivity contribution in [2.24, 2.45) is 0 Å². The van der Waals surface area contributed by atoms with Gasteiger partial charge in [0.25, 0.3) is 0 Å². The van der Waals surface area contributed by atoms with Crippen LogP contribution in [0.4, 0.5) is 0 Å². The lowest BCUT2D eigenvalue weighted by atomic mass is 10.1. The third-order valence-corrected chi connectivity index (χ3v) is 4.37. The van der Waals surface area contributed by atoms with Crippen molar-refractivity contribution in [3.63, 3.8) is 0 Å². The smallest absolute Gasteiger partial charge is 0.0726 e. The van der Waals surface area contributed by atoms with E-state index in [1.807, 2.05) is 0 Å². The SMILES string of the molecule is CC(NCc1ccc(Br)s1)C1CCCO1. The Labute approximate surface area is 103 Å². The van der Waals surface area contributed by atoms with E-state index in [-0.39, 0.29) is 0 Å². The van der Waals surface area contributed by atoms with E-state index in [0.717, 1.165) is 13.2 Å². The lowest BCUT2D eigenvalue weighted by Crippen LogP contribution is -2.36. The molecule has 2 nitrogen and oxygen atoms in total. The zero-order valence-electron chi connectivity index (χ0n) is 8.83. The molecule has 0 saturated carbocycles. The first kappa shape index (κ1) is 11.6. The van der Waals surface area contributed by atoms with Gasteiger partial charge in [0.2, 0.25) is 0 Å². The zero-order valence-corrected chi connectivity index (χ0v) is 11.2. The molecule has 1 aromatic rings. The number of hydrogen-bond acceptors (Lipinski definition) is 3. The molecule has 84 valence electrons. The summed E-state index contributed by atoms with van der Waals surface area (Å²) < 4.78 is 6.84. The van der Waals surface area contributed by atoms with Gasteiger partial charge in [0.05, 0.1) is 9.89 Å². The number of nitrogens with one attached hydrogen (secondary N) is 1. The van der Waals surface area contributed by atoms with Gasteiger partial charge in [0.1, 0.15) is 0 Å². The van der Waals surface area contributed by atoms with Gasteiger partial charge in [-0.15, -0.1) is 11.3 Å². The topological polar surface area (TPSA) is 21.3 Å². The molecule has 1 aliphatic rings. The summed E-state index contributed by atoms with van der Waals surface area (Å²) in [4.78, 5) is 1.37. The standard InChI is InChI=1S/C11H16BrNOS/c1-8(10-3-2-6-14-10)13-7-9-4-5-11(12)15-9/h4-5,8,10,13H,2-3,6-7H2,1H3. The average molecular weight is 290 g/mol. The quantitative estimate of drug-likeness (QED) is 0.919. The molecule has 0 spiro atoms. The fraction of sp³-hybridized carbons (Fsp3) is 0.636. The highest BCUT2D eigenvalue weighted by Gasteiger charge is 2.21. The highest BCUT2D eigenvalue weighted by Crippen LogP contribution is 2.22. The van der Waals surface area contributed by atoms with E-state index in [9.17, 15) is 0 Å². The summed E-state index contributed by atoms with van der Waals surface area (Å²) in [7, 11) is 0. The lowest BCUT2D eigenvalue weighted by molar-refractivity contribution is 0.0833. The minimum Gasteiger partial charge on any atom is -0.377 e. The first-order chi connectivity index (χ1) is 7.25. The Morgan fingerprint density at radius 1 is 1.67 bits per heavy atom. The summed E-state index contributed by atoms with van der Waals surface area (Å²) in [6.07, 6.45) is 2.82. The van der Waals surface area contributed by atoms with Crippen molar-refractivity contribution in [2.45, 2.75) is 38.5 Å². The van der Waals surface area contributed by atoms with E-state index in [4.69, 9.17) is 4.74 Å². The molecule has 1 saturated heterocycles. The molecule has 0 amide bonds. The average Bonchev–Trinajstić information content (AvgIpc) is 2.84. The Morgan fingerprint density at radius 3 is 3.13 bits per heavy atom. The van der Waals surface area contributed by atoms with Crippen molar-refractivity contribution < 1.29 is 4.74 Å². The fourth-order valence-corrected chi connectivity index (χ4v) is 3.27. The van der Waals surface area contributed by atoms with Crippen LogP contribution in [0.25, 0.3) is 0 Å². The fourth-order valence-electron chi connectivity index (χ4n) is 1.84. The number of halogens is 1. The minimum atomic E-state index is 0.411. The Morgan fingerprint density at radius 2 is 2.53 bits per heavy atom. The van der Waals surface area contributed by atoms with Crippen molar-refractivity contribution in [1.82, 2.24) is 5.32 Å². The summed E-state index contributed by atoms with van der Waals surface area (Å²) >= 11 is 5.26. The van der Waals surface area contributed by atoms with Gasteiger partial charge in [0, 0.05) is 24.1 Å². The normalized spacial score (nSPS) is 23.2. The molecule has 2 unspecified atom stereocenters. The van der Waals surface area contributed by atoms with Crippen LogP contribution in [0.5, 0.6) is 0 Å². The van der Waals surface area contributed by atoms with Gasteiger partial charge in [0.15, 0.2) is 0 Å². The van der Waals surface area contributed by atoms with Gasteiger partial charge >= 0.3 is 0 Å². The summed E-state index contributed by atoms with van der Waals surface area (Å²) in [5.41, 5.74) is 0. The van der Waals surface area contributed by atoms with Crippen molar-refractivity contribution in [2.75, 3.05) is 6.61 Å². The van der Waals surface area contributed by atoms with Crippen molar-refractivity contribution in [3.8, 4) is 0 Å². The molecule has 1 fully saturated rings. The van der Waals surface area contributed by atoms with Crippen molar-refractivity contribution in [3.05, 3.63) is 20.8 Å². The van der Waals surface area contributed by atoms with Crippen LogP contribution in [0.15, 0.2) is 15.9 Å². The summed E-state index contributed by atoms with van der Waals surface area (Å²) in [6, 6.07) is 4.70. The first-order valence-electron chi connectivity index (χ1n) is 5.35. The Balaban J connectivity index is 1.77. The molecule has 0 radical (unpaired) electrons. The predicted octanol–water partition coefficient (Wildman–Crippen LogP) is 3.17. The van der Waals surface area contributed by atoms with Gasteiger partial charge in [-0.2, -0.15) is 0 Å². The van der Waals surface area contributed by atoms with Gasteiger partial charge in [-0.3, -0.25) is 0 Å². The third-order valence-electron chi connectivity index (χ3n) is 2.75. The van der Waals surface area contributed by atoms with Crippen LogP contribution in [0.2, 0.25) is 0 Å². The van der Waals surface area contributed by atoms with Gasteiger partial charge in [-0.25, -0.2) is 0 Å². The van der Waals surface area contributed by atoms with Crippen molar-refractivity contribution >= 4 is 27.3 Å². The molecule has 2 heterocycles. The maximum Gasteiger partial charge on any atom is 0.0726 e. The van der Waals surface area contributed by atoms with Gasteiger partial charge in [-0.05, 0) is 47.8 Å². The molecule has 4 heteroatoms. The van der Waals surface area contributed by atoms with Crippen LogP contribution in [0.1, 0.15) is 24.6 Å². The highest BCUT2D eigenvalue weighted by atomic mass is 79.9. The first-order valence-corrected chi connectivity index (χ1v) is 6.96. The minimum absolute atomic E-state index is 0.411. The second-order valence-electron chi connectivity index (χ2n) is 3.93. The van der Waals surface area contributed by atoms with Gasteiger partial charge in [-0.1, -0.05) is 0 Å². The number of thiophene rings is 1.